The summed E-state index contributed by atoms with van der Waals surface area (Å²) >= 11 is 0. The van der Waals surface area contributed by atoms with Crippen LogP contribution in [0.2, 0.25) is 0 Å². The molecule has 0 spiro atoms. The van der Waals surface area contributed by atoms with E-state index in [1.54, 1.807) is 0 Å². The monoisotopic (exact) mass is 487 g/mol. The van der Waals surface area contributed by atoms with Crippen molar-refractivity contribution in [3.05, 3.63) is 0 Å². The third-order valence-corrected chi connectivity index (χ3v) is 6.08. The van der Waals surface area contributed by atoms with Gasteiger partial charge in [-0.15, -0.1) is 0 Å². The van der Waals surface area contributed by atoms with E-state index in [2.05, 4.69) is 13.8 Å². The summed E-state index contributed by atoms with van der Waals surface area (Å²) in [6.07, 6.45) is 6.74. The minimum atomic E-state index is -4.76. The predicted octanol–water partition coefficient (Wildman–Crippen LogP) is 3.02. The van der Waals surface area contributed by atoms with Crippen LogP contribution in [0.15, 0.2) is 0 Å². The molecule has 0 rings (SSSR count). The number of carbonyl (C=O) groups is 2. The molecule has 11 heteroatoms. The normalized spacial score (nSPS) is 13.5. The summed E-state index contributed by atoms with van der Waals surface area (Å²) in [4.78, 5) is 24.2. The van der Waals surface area contributed by atoms with Crippen LogP contribution in [-0.2, 0) is 29.2 Å². The van der Waals surface area contributed by atoms with Gasteiger partial charge in [-0.1, -0.05) is 66.2 Å². The number of unbranched alkanes of at least 4 members (excludes halogenated alkanes) is 2. The molecule has 0 aromatic carbocycles. The van der Waals surface area contributed by atoms with Crippen molar-refractivity contribution >= 4 is 81.2 Å². The molecule has 8 nitrogen and oxygen atoms in total. The van der Waals surface area contributed by atoms with E-state index >= 15 is 0 Å². The number of esters is 2. The Balaban J connectivity index is -0.00000121. The summed E-state index contributed by atoms with van der Waals surface area (Å²) in [5.74, 6) is -1.61. The van der Waals surface area contributed by atoms with Gasteiger partial charge in [0.25, 0.3) is 10.1 Å². The second-order valence-corrected chi connectivity index (χ2v) is 8.95. The van der Waals surface area contributed by atoms with Gasteiger partial charge in [0.15, 0.2) is 5.25 Å². The number of hydrogen-bond acceptors (Lipinski definition) is 7. The van der Waals surface area contributed by atoms with Crippen LogP contribution in [0, 0.1) is 11.8 Å². The molecule has 3 unspecified atom stereocenters. The average molecular weight is 488 g/mol. The van der Waals surface area contributed by atoms with Crippen molar-refractivity contribution in [3.8, 4) is 0 Å². The topological polar surface area (TPSA) is 142 Å². The first-order valence-electron chi connectivity index (χ1n) is 10.5. The van der Waals surface area contributed by atoms with Crippen LogP contribution >= 0.6 is 0 Å². The van der Waals surface area contributed by atoms with E-state index < -0.39 is 33.7 Å². The summed E-state index contributed by atoms with van der Waals surface area (Å²) in [6, 6.07) is 0. The van der Waals surface area contributed by atoms with Crippen molar-refractivity contribution in [2.24, 2.45) is 11.8 Å². The Morgan fingerprint density at radius 2 is 1.26 bits per heavy atom. The Bertz CT molecular complexity index is 562. The first kappa shape index (κ1) is 39.0. The molecule has 0 saturated carbocycles. The Morgan fingerprint density at radius 3 is 1.61 bits per heavy atom. The summed E-state index contributed by atoms with van der Waals surface area (Å²) in [5.41, 5.74) is 0. The van der Waals surface area contributed by atoms with Crippen molar-refractivity contribution in [1.29, 1.82) is 0 Å². The number of rotatable bonds is 16. The van der Waals surface area contributed by atoms with Crippen molar-refractivity contribution in [3.63, 3.8) is 0 Å². The number of carbonyl (C=O) groups excluding carboxylic acids is 2. The van der Waals surface area contributed by atoms with E-state index in [1.807, 2.05) is 13.8 Å². The number of ether oxygens (including phenoxy) is 2. The van der Waals surface area contributed by atoms with Gasteiger partial charge in [0.05, 0.1) is 19.6 Å². The van der Waals surface area contributed by atoms with Gasteiger partial charge >= 0.3 is 71.1 Å². The molecule has 0 aliphatic rings. The summed E-state index contributed by atoms with van der Waals surface area (Å²) in [5, 5.41) is -1.95. The van der Waals surface area contributed by atoms with Crippen LogP contribution < -0.4 is 6.15 Å². The van der Waals surface area contributed by atoms with E-state index in [-0.39, 0.29) is 90.3 Å². The Labute approximate surface area is 233 Å². The Morgan fingerprint density at radius 1 is 0.839 bits per heavy atom. The summed E-state index contributed by atoms with van der Waals surface area (Å²) < 4.78 is 42.8. The molecule has 0 amide bonds. The minimum absolute atomic E-state index is 0. The van der Waals surface area contributed by atoms with Gasteiger partial charge in [-0.3, -0.25) is 14.1 Å². The molecule has 31 heavy (non-hydrogen) atoms. The van der Waals surface area contributed by atoms with Crippen molar-refractivity contribution in [2.45, 2.75) is 90.7 Å². The molecule has 0 heterocycles. The zero-order valence-electron chi connectivity index (χ0n) is 18.5. The fraction of sp³-hybridized carbons (Fsp3) is 0.900. The molecular weight excluding hydrogens is 444 g/mol. The van der Waals surface area contributed by atoms with Crippen LogP contribution in [0.5, 0.6) is 0 Å². The SMILES string of the molecule is CCCCC(CC)COC(=O)CC(C(=O)OCC(CC)CCCC)S(=O)(=O)O.N.[NaH].[NaH]. The molecule has 0 saturated heterocycles. The second kappa shape index (κ2) is 22.6. The molecule has 0 aliphatic carbocycles. The van der Waals surface area contributed by atoms with Gasteiger partial charge in [-0.25, -0.2) is 0 Å². The molecule has 178 valence electrons. The summed E-state index contributed by atoms with van der Waals surface area (Å²) in [7, 11) is -4.76. The van der Waals surface area contributed by atoms with E-state index in [0.29, 0.717) is 0 Å². The zero-order valence-corrected chi connectivity index (χ0v) is 19.3. The van der Waals surface area contributed by atoms with Gasteiger partial charge in [0.1, 0.15) is 0 Å². The van der Waals surface area contributed by atoms with Crippen molar-refractivity contribution in [1.82, 2.24) is 6.15 Å². The van der Waals surface area contributed by atoms with Crippen LogP contribution in [-0.4, -0.2) is 102 Å². The molecule has 0 bridgehead atoms. The van der Waals surface area contributed by atoms with E-state index in [0.717, 1.165) is 51.4 Å². The maximum absolute atomic E-state index is 12.2. The fourth-order valence-corrected chi connectivity index (χ4v) is 3.48. The van der Waals surface area contributed by atoms with Crippen LogP contribution in [0.25, 0.3) is 0 Å². The third-order valence-electron chi connectivity index (χ3n) is 5.00. The molecule has 0 aliphatic heterocycles. The van der Waals surface area contributed by atoms with Gasteiger partial charge in [0.2, 0.25) is 0 Å². The third kappa shape index (κ3) is 18.9. The zero-order chi connectivity index (χ0) is 21.6. The summed E-state index contributed by atoms with van der Waals surface area (Å²) in [6.45, 7) is 8.35. The first-order valence-corrected chi connectivity index (χ1v) is 12.0. The van der Waals surface area contributed by atoms with E-state index in [4.69, 9.17) is 9.47 Å². The fourth-order valence-electron chi connectivity index (χ4n) is 2.82. The van der Waals surface area contributed by atoms with Crippen molar-refractivity contribution < 1.29 is 32.0 Å². The van der Waals surface area contributed by atoms with Crippen LogP contribution in [0.1, 0.15) is 85.5 Å². The Hall–Kier alpha value is 0.810. The second-order valence-electron chi connectivity index (χ2n) is 7.35. The molecule has 4 N–H and O–H groups in total. The van der Waals surface area contributed by atoms with Gasteiger partial charge in [-0.2, -0.15) is 8.42 Å². The molecule has 0 radical (unpaired) electrons. The van der Waals surface area contributed by atoms with E-state index in [9.17, 15) is 22.6 Å². The molecule has 0 fully saturated rings. The first-order chi connectivity index (χ1) is 13.2. The van der Waals surface area contributed by atoms with E-state index in [1.165, 1.54) is 0 Å². The van der Waals surface area contributed by atoms with Gasteiger partial charge in [0, 0.05) is 0 Å². The molecule has 0 aromatic rings. The van der Waals surface area contributed by atoms with Crippen molar-refractivity contribution in [2.75, 3.05) is 13.2 Å². The van der Waals surface area contributed by atoms with Crippen LogP contribution in [0.3, 0.4) is 0 Å². The van der Waals surface area contributed by atoms with Gasteiger partial charge < -0.3 is 15.6 Å². The Kier molecular flexibility index (Phi) is 28.5. The average Bonchev–Trinajstić information content (AvgIpc) is 2.65. The number of hydrogen-bond donors (Lipinski definition) is 2. The molecule has 0 aromatic heterocycles. The molecule has 3 atom stereocenters. The van der Waals surface area contributed by atoms with Gasteiger partial charge in [-0.05, 0) is 24.7 Å². The predicted molar refractivity (Wildman–Crippen MR) is 128 cm³/mol. The maximum atomic E-state index is 12.2. The quantitative estimate of drug-likeness (QED) is 0.192. The standard InChI is InChI=1S/C20H38O7S.H3N.2Na.2H/c1-5-9-11-16(7-3)14-26-19(21)13-18(28(23,24)25)20(22)27-15-17(8-4)12-10-6-2;;;;;/h16-18H,5-15H2,1-4H3,(H,23,24,25);1H3;;;;. The van der Waals surface area contributed by atoms with Crippen LogP contribution in [0.4, 0.5) is 0 Å². The molecular formula is C20H43NNa2O7S.